The molecular weight excluding hydrogens is 420 g/mol. The summed E-state index contributed by atoms with van der Waals surface area (Å²) in [7, 11) is 0. The van der Waals surface area contributed by atoms with Gasteiger partial charge in [0.1, 0.15) is 0 Å². The van der Waals surface area contributed by atoms with Gasteiger partial charge in [0.15, 0.2) is 0 Å². The lowest BCUT2D eigenvalue weighted by Gasteiger charge is -2.49. The number of aryl methyl sites for hydroxylation is 2. The second-order valence-corrected chi connectivity index (χ2v) is 10.6. The lowest BCUT2D eigenvalue weighted by atomic mass is 9.56. The molecule has 0 saturated heterocycles. The van der Waals surface area contributed by atoms with Crippen molar-refractivity contribution >= 4 is 11.6 Å². The Hall–Kier alpha value is -2.98. The monoisotopic (exact) mass is 454 g/mol. The zero-order valence-electron chi connectivity index (χ0n) is 20.2. The van der Waals surface area contributed by atoms with Gasteiger partial charge in [-0.25, -0.2) is 0 Å². The van der Waals surface area contributed by atoms with Crippen molar-refractivity contribution in [3.63, 3.8) is 0 Å². The zero-order valence-corrected chi connectivity index (χ0v) is 20.2. The molecule has 1 heterocycles. The minimum atomic E-state index is -0.600. The summed E-state index contributed by atoms with van der Waals surface area (Å²) < 4.78 is 0. The van der Waals surface area contributed by atoms with Crippen molar-refractivity contribution in [2.45, 2.75) is 69.8 Å². The van der Waals surface area contributed by atoms with Gasteiger partial charge in [-0.05, 0) is 106 Å². The Morgan fingerprint density at radius 1 is 1.12 bits per heavy atom. The first kappa shape index (κ1) is 22.8. The van der Waals surface area contributed by atoms with Crippen LogP contribution in [-0.2, 0) is 18.3 Å². The number of nitrogens with zero attached hydrogens (tertiary/aromatic N) is 1. The van der Waals surface area contributed by atoms with E-state index in [0.29, 0.717) is 11.5 Å². The van der Waals surface area contributed by atoms with Crippen LogP contribution in [-0.4, -0.2) is 21.6 Å². The molecular formula is C30H34N2O2. The average molecular weight is 455 g/mol. The predicted molar refractivity (Wildman–Crippen MR) is 136 cm³/mol. The van der Waals surface area contributed by atoms with E-state index in [-0.39, 0.29) is 11.3 Å². The molecule has 3 atom stereocenters. The predicted octanol–water partition coefficient (Wildman–Crippen LogP) is 6.01. The number of carbonyl (C=O) groups is 1. The molecule has 0 radical (unpaired) electrons. The van der Waals surface area contributed by atoms with Crippen molar-refractivity contribution in [1.82, 2.24) is 4.98 Å². The van der Waals surface area contributed by atoms with Crippen molar-refractivity contribution < 1.29 is 9.90 Å². The third kappa shape index (κ3) is 4.39. The average Bonchev–Trinajstić information content (AvgIpc) is 2.97. The van der Waals surface area contributed by atoms with Gasteiger partial charge in [-0.2, -0.15) is 0 Å². The van der Waals surface area contributed by atoms with Gasteiger partial charge in [0.25, 0.3) is 5.91 Å². The lowest BCUT2D eigenvalue weighted by molar-refractivity contribution is -0.0330. The van der Waals surface area contributed by atoms with Crippen LogP contribution in [0.5, 0.6) is 0 Å². The Labute approximate surface area is 202 Å². The van der Waals surface area contributed by atoms with Crippen LogP contribution in [0.2, 0.25) is 0 Å². The fourth-order valence-corrected chi connectivity index (χ4v) is 6.32. The van der Waals surface area contributed by atoms with Crippen LogP contribution in [0.25, 0.3) is 0 Å². The van der Waals surface area contributed by atoms with Crippen molar-refractivity contribution in [3.8, 4) is 0 Å². The summed E-state index contributed by atoms with van der Waals surface area (Å²) in [6, 6.07) is 20.8. The van der Waals surface area contributed by atoms with Gasteiger partial charge in [0, 0.05) is 17.2 Å². The van der Waals surface area contributed by atoms with Crippen LogP contribution in [0.1, 0.15) is 71.8 Å². The Morgan fingerprint density at radius 2 is 1.94 bits per heavy atom. The number of rotatable bonds is 4. The number of carbonyl (C=O) groups excluding carboxylic acids is 1. The van der Waals surface area contributed by atoms with E-state index in [1.807, 2.05) is 32.0 Å². The molecule has 5 rings (SSSR count). The molecule has 2 aliphatic rings. The highest BCUT2D eigenvalue weighted by Crippen LogP contribution is 2.53. The minimum absolute atomic E-state index is 0.00955. The number of aromatic nitrogens is 1. The first-order valence-electron chi connectivity index (χ1n) is 12.5. The van der Waals surface area contributed by atoms with Crippen molar-refractivity contribution in [1.29, 1.82) is 0 Å². The van der Waals surface area contributed by atoms with Crippen molar-refractivity contribution in [3.05, 3.63) is 94.8 Å². The standard InChI is InChI=1S/C30H34N2O2/c1-21-27(12-7-17-31-21)32-28(33)24-13-14-26-23(18-24)10-6-11-25-20-29(2,34)15-16-30(25,26)19-22-8-4-3-5-9-22/h3-5,7-9,12-14,17-18,25,34H,6,10-11,15-16,19-20H2,1-2H3,(H,32,33). The fraction of sp³-hybridized carbons (Fsp3) is 0.400. The third-order valence-electron chi connectivity index (χ3n) is 8.10. The number of aliphatic hydroxyl groups is 1. The molecule has 4 nitrogen and oxygen atoms in total. The maximum Gasteiger partial charge on any atom is 0.255 e. The number of nitrogens with one attached hydrogen (secondary N) is 1. The largest absolute Gasteiger partial charge is 0.390 e. The first-order valence-corrected chi connectivity index (χ1v) is 12.5. The van der Waals surface area contributed by atoms with Gasteiger partial charge >= 0.3 is 0 Å². The van der Waals surface area contributed by atoms with Crippen LogP contribution in [0.15, 0.2) is 66.9 Å². The molecule has 34 heavy (non-hydrogen) atoms. The molecule has 2 aromatic carbocycles. The Kier molecular flexibility index (Phi) is 6.03. The second-order valence-electron chi connectivity index (χ2n) is 10.6. The molecule has 176 valence electrons. The second kappa shape index (κ2) is 8.99. The van der Waals surface area contributed by atoms with Crippen LogP contribution in [0.3, 0.4) is 0 Å². The smallest absolute Gasteiger partial charge is 0.255 e. The molecule has 0 bridgehead atoms. The van der Waals surface area contributed by atoms with Gasteiger partial charge in [-0.15, -0.1) is 0 Å². The summed E-state index contributed by atoms with van der Waals surface area (Å²) in [5, 5.41) is 14.0. The van der Waals surface area contributed by atoms with E-state index >= 15 is 0 Å². The number of hydrogen-bond acceptors (Lipinski definition) is 3. The highest BCUT2D eigenvalue weighted by atomic mass is 16.3. The molecule has 2 N–H and O–H groups in total. The number of fused-ring (bicyclic) bond motifs is 3. The van der Waals surface area contributed by atoms with E-state index in [2.05, 4.69) is 52.8 Å². The van der Waals surface area contributed by atoms with Gasteiger partial charge in [0.05, 0.1) is 17.0 Å². The van der Waals surface area contributed by atoms with Gasteiger partial charge < -0.3 is 10.4 Å². The van der Waals surface area contributed by atoms with Gasteiger partial charge in [-0.3, -0.25) is 9.78 Å². The van der Waals surface area contributed by atoms with E-state index in [4.69, 9.17) is 0 Å². The van der Waals surface area contributed by atoms with E-state index < -0.39 is 5.60 Å². The van der Waals surface area contributed by atoms with Crippen LogP contribution < -0.4 is 5.32 Å². The Morgan fingerprint density at radius 3 is 2.74 bits per heavy atom. The van der Waals surface area contributed by atoms with E-state index in [1.54, 1.807) is 6.20 Å². The third-order valence-corrected chi connectivity index (χ3v) is 8.10. The molecule has 4 heteroatoms. The lowest BCUT2D eigenvalue weighted by Crippen LogP contribution is -2.47. The van der Waals surface area contributed by atoms with Gasteiger partial charge in [-0.1, -0.05) is 36.4 Å². The highest BCUT2D eigenvalue weighted by molar-refractivity contribution is 6.04. The van der Waals surface area contributed by atoms with E-state index in [9.17, 15) is 9.90 Å². The summed E-state index contributed by atoms with van der Waals surface area (Å²) in [4.78, 5) is 17.4. The normalized spacial score (nSPS) is 26.1. The molecule has 3 unspecified atom stereocenters. The molecule has 1 aromatic heterocycles. The molecule has 1 amide bonds. The summed E-state index contributed by atoms with van der Waals surface area (Å²) in [5.74, 6) is 0.332. The maximum atomic E-state index is 13.1. The quantitative estimate of drug-likeness (QED) is 0.507. The molecule has 0 spiro atoms. The topological polar surface area (TPSA) is 62.2 Å². The number of anilines is 1. The molecule has 1 saturated carbocycles. The first-order chi connectivity index (χ1) is 16.4. The maximum absolute atomic E-state index is 13.1. The van der Waals surface area contributed by atoms with Crippen molar-refractivity contribution in [2.24, 2.45) is 5.92 Å². The van der Waals surface area contributed by atoms with Crippen molar-refractivity contribution in [2.75, 3.05) is 5.32 Å². The zero-order chi connectivity index (χ0) is 23.8. The Balaban J connectivity index is 1.52. The number of benzene rings is 2. The number of amides is 1. The molecule has 2 aliphatic carbocycles. The number of hydrogen-bond donors (Lipinski definition) is 2. The molecule has 1 fully saturated rings. The minimum Gasteiger partial charge on any atom is -0.390 e. The summed E-state index contributed by atoms with van der Waals surface area (Å²) in [5.41, 5.74) is 5.65. The van der Waals surface area contributed by atoms with Crippen LogP contribution >= 0.6 is 0 Å². The van der Waals surface area contributed by atoms with E-state index in [0.717, 1.165) is 56.3 Å². The van der Waals surface area contributed by atoms with Crippen LogP contribution in [0, 0.1) is 12.8 Å². The molecule has 3 aromatic rings. The highest BCUT2D eigenvalue weighted by Gasteiger charge is 2.49. The summed E-state index contributed by atoms with van der Waals surface area (Å²) in [6.45, 7) is 3.90. The van der Waals surface area contributed by atoms with Crippen LogP contribution in [0.4, 0.5) is 5.69 Å². The van der Waals surface area contributed by atoms with E-state index in [1.165, 1.54) is 16.7 Å². The fourth-order valence-electron chi connectivity index (χ4n) is 6.32. The number of pyridine rings is 1. The summed E-state index contributed by atoms with van der Waals surface area (Å²) in [6.07, 6.45) is 8.47. The van der Waals surface area contributed by atoms with Gasteiger partial charge in [0.2, 0.25) is 0 Å². The SMILES string of the molecule is Cc1ncccc1NC(=O)c1ccc2c(c1)CCCC1CC(C)(O)CCC21Cc1ccccc1. The Bertz CT molecular complexity index is 1190. The summed E-state index contributed by atoms with van der Waals surface area (Å²) >= 11 is 0. The molecule has 0 aliphatic heterocycles.